The third kappa shape index (κ3) is 0.847. The van der Waals surface area contributed by atoms with E-state index in [2.05, 4.69) is 4.98 Å². The zero-order valence-electron chi connectivity index (χ0n) is 5.30. The lowest BCUT2D eigenvalue weighted by Crippen LogP contribution is -1.85. The van der Waals surface area contributed by atoms with E-state index >= 15 is 0 Å². The van der Waals surface area contributed by atoms with E-state index in [0.717, 1.165) is 24.3 Å². The lowest BCUT2D eigenvalue weighted by atomic mass is 10.2. The average molecular weight is 156 g/mol. The number of halogens is 1. The summed E-state index contributed by atoms with van der Waals surface area (Å²) in [5.41, 5.74) is 1.16. The Balaban J connectivity index is 2.52. The third-order valence-electron chi connectivity index (χ3n) is 1.54. The second-order valence-corrected chi connectivity index (χ2v) is 2.60. The number of pyridine rings is 1. The van der Waals surface area contributed by atoms with Crippen molar-refractivity contribution in [1.29, 1.82) is 0 Å². The zero-order valence-corrected chi connectivity index (χ0v) is 6.06. The molecule has 2 rings (SSSR count). The molecule has 0 saturated heterocycles. The van der Waals surface area contributed by atoms with Gasteiger partial charge in [0.25, 0.3) is 0 Å². The Kier molecular flexibility index (Phi) is 1.27. The van der Waals surface area contributed by atoms with Crippen LogP contribution in [0.2, 0.25) is 5.15 Å². The summed E-state index contributed by atoms with van der Waals surface area (Å²) in [5, 5.41) is 0.501. The van der Waals surface area contributed by atoms with Gasteiger partial charge in [-0.3, -0.25) is 0 Å². The number of nitrogens with zero attached hydrogens (tertiary/aromatic N) is 1. The van der Waals surface area contributed by atoms with E-state index in [9.17, 15) is 0 Å². The molecule has 0 aliphatic carbocycles. The van der Waals surface area contributed by atoms with E-state index in [1.54, 1.807) is 12.3 Å². The average Bonchev–Trinajstić information content (AvgIpc) is 2.33. The van der Waals surface area contributed by atoms with Gasteiger partial charge in [0.05, 0.1) is 6.61 Å². The lowest BCUT2D eigenvalue weighted by Gasteiger charge is -1.96. The van der Waals surface area contributed by atoms with Crippen molar-refractivity contribution in [3.63, 3.8) is 0 Å². The van der Waals surface area contributed by atoms with Gasteiger partial charge in [0.2, 0.25) is 0 Å². The van der Waals surface area contributed by atoms with E-state index < -0.39 is 0 Å². The molecule has 3 heteroatoms. The fraction of sp³-hybridized carbons (Fsp3) is 0.286. The minimum Gasteiger partial charge on any atom is -0.493 e. The SMILES string of the molecule is Clc1cc2c(cn1)CCO2. The Bertz CT molecular complexity index is 262. The quantitative estimate of drug-likeness (QED) is 0.532. The van der Waals surface area contributed by atoms with Gasteiger partial charge < -0.3 is 4.74 Å². The summed E-state index contributed by atoms with van der Waals surface area (Å²) >= 11 is 5.63. The molecule has 0 fully saturated rings. The highest BCUT2D eigenvalue weighted by molar-refractivity contribution is 6.29. The van der Waals surface area contributed by atoms with Gasteiger partial charge in [-0.05, 0) is 0 Å². The van der Waals surface area contributed by atoms with Crippen LogP contribution in [0.4, 0.5) is 0 Å². The van der Waals surface area contributed by atoms with Gasteiger partial charge in [-0.15, -0.1) is 0 Å². The summed E-state index contributed by atoms with van der Waals surface area (Å²) in [5.74, 6) is 0.889. The highest BCUT2D eigenvalue weighted by Gasteiger charge is 2.11. The van der Waals surface area contributed by atoms with Gasteiger partial charge in [0.15, 0.2) is 0 Å². The first-order chi connectivity index (χ1) is 4.86. The number of hydrogen-bond acceptors (Lipinski definition) is 2. The van der Waals surface area contributed by atoms with E-state index in [0.29, 0.717) is 5.15 Å². The first-order valence-corrected chi connectivity index (χ1v) is 3.51. The topological polar surface area (TPSA) is 22.1 Å². The van der Waals surface area contributed by atoms with Gasteiger partial charge in [-0.25, -0.2) is 4.98 Å². The normalized spacial score (nSPS) is 14.5. The molecule has 0 radical (unpaired) electrons. The molecule has 0 N–H and O–H groups in total. The van der Waals surface area contributed by atoms with Crippen LogP contribution >= 0.6 is 11.6 Å². The van der Waals surface area contributed by atoms with Crippen molar-refractivity contribution >= 4 is 11.6 Å². The van der Waals surface area contributed by atoms with Gasteiger partial charge in [0.1, 0.15) is 10.9 Å². The number of rotatable bonds is 0. The fourth-order valence-corrected chi connectivity index (χ4v) is 1.18. The van der Waals surface area contributed by atoms with Crippen molar-refractivity contribution in [2.45, 2.75) is 6.42 Å². The predicted octanol–water partition coefficient (Wildman–Crippen LogP) is 1.67. The maximum absolute atomic E-state index is 5.63. The van der Waals surface area contributed by atoms with Crippen molar-refractivity contribution in [2.24, 2.45) is 0 Å². The number of hydrogen-bond donors (Lipinski definition) is 0. The number of ether oxygens (including phenoxy) is 1. The highest BCUT2D eigenvalue weighted by atomic mass is 35.5. The molecule has 0 amide bonds. The molecular formula is C7H6ClNO. The van der Waals surface area contributed by atoms with Crippen LogP contribution in [-0.2, 0) is 6.42 Å². The molecule has 10 heavy (non-hydrogen) atoms. The Morgan fingerprint density at radius 2 is 2.50 bits per heavy atom. The highest BCUT2D eigenvalue weighted by Crippen LogP contribution is 2.25. The molecule has 0 atom stereocenters. The minimum atomic E-state index is 0.501. The van der Waals surface area contributed by atoms with Crippen molar-refractivity contribution in [1.82, 2.24) is 4.98 Å². The molecule has 1 aromatic heterocycles. The van der Waals surface area contributed by atoms with Gasteiger partial charge >= 0.3 is 0 Å². The van der Waals surface area contributed by atoms with Gasteiger partial charge in [-0.2, -0.15) is 0 Å². The summed E-state index contributed by atoms with van der Waals surface area (Å²) in [4.78, 5) is 3.94. The molecule has 52 valence electrons. The molecule has 1 aromatic rings. The minimum absolute atomic E-state index is 0.501. The van der Waals surface area contributed by atoms with Crippen LogP contribution in [-0.4, -0.2) is 11.6 Å². The largest absolute Gasteiger partial charge is 0.493 e. The Morgan fingerprint density at radius 3 is 3.40 bits per heavy atom. The smallest absolute Gasteiger partial charge is 0.132 e. The van der Waals surface area contributed by atoms with E-state index in [1.165, 1.54) is 0 Å². The summed E-state index contributed by atoms with van der Waals surface area (Å²) in [7, 11) is 0. The molecule has 0 saturated carbocycles. The fourth-order valence-electron chi connectivity index (χ4n) is 1.03. The molecule has 1 aliphatic heterocycles. The predicted molar refractivity (Wildman–Crippen MR) is 38.4 cm³/mol. The van der Waals surface area contributed by atoms with Crippen LogP contribution in [0.3, 0.4) is 0 Å². The van der Waals surface area contributed by atoms with E-state index in [4.69, 9.17) is 16.3 Å². The van der Waals surface area contributed by atoms with Crippen LogP contribution in [0.5, 0.6) is 5.75 Å². The van der Waals surface area contributed by atoms with Crippen molar-refractivity contribution in [3.8, 4) is 5.75 Å². The second-order valence-electron chi connectivity index (χ2n) is 2.21. The third-order valence-corrected chi connectivity index (χ3v) is 1.75. The first-order valence-electron chi connectivity index (χ1n) is 3.13. The molecule has 0 unspecified atom stereocenters. The second kappa shape index (κ2) is 2.13. The van der Waals surface area contributed by atoms with Gasteiger partial charge in [-0.1, -0.05) is 11.6 Å². The van der Waals surface area contributed by atoms with E-state index in [-0.39, 0.29) is 0 Å². The first kappa shape index (κ1) is 5.98. The zero-order chi connectivity index (χ0) is 6.97. The maximum atomic E-state index is 5.63. The van der Waals surface area contributed by atoms with Crippen LogP contribution in [0.25, 0.3) is 0 Å². The molecule has 0 spiro atoms. The summed E-state index contributed by atoms with van der Waals surface area (Å²) in [6, 6.07) is 1.75. The van der Waals surface area contributed by atoms with Crippen LogP contribution in [0.1, 0.15) is 5.56 Å². The number of aromatic nitrogens is 1. The summed E-state index contributed by atoms with van der Waals surface area (Å²) < 4.78 is 5.25. The molecule has 0 aromatic carbocycles. The monoisotopic (exact) mass is 155 g/mol. The standard InChI is InChI=1S/C7H6ClNO/c8-7-3-6-5(4-9-7)1-2-10-6/h3-4H,1-2H2. The van der Waals surface area contributed by atoms with E-state index in [1.807, 2.05) is 0 Å². The van der Waals surface area contributed by atoms with Crippen molar-refractivity contribution in [3.05, 3.63) is 23.0 Å². The van der Waals surface area contributed by atoms with Crippen LogP contribution in [0, 0.1) is 0 Å². The number of fused-ring (bicyclic) bond motifs is 1. The van der Waals surface area contributed by atoms with Gasteiger partial charge in [0, 0.05) is 24.2 Å². The Labute approximate surface area is 63.8 Å². The van der Waals surface area contributed by atoms with Crippen LogP contribution < -0.4 is 4.74 Å². The summed E-state index contributed by atoms with van der Waals surface area (Å²) in [6.45, 7) is 0.761. The Hall–Kier alpha value is -0.760. The molecule has 0 bridgehead atoms. The molecule has 1 aliphatic rings. The molecular weight excluding hydrogens is 150 g/mol. The van der Waals surface area contributed by atoms with Crippen LogP contribution in [0.15, 0.2) is 12.3 Å². The molecule has 2 heterocycles. The lowest BCUT2D eigenvalue weighted by molar-refractivity contribution is 0.356. The summed E-state index contributed by atoms with van der Waals surface area (Å²) in [6.07, 6.45) is 2.73. The maximum Gasteiger partial charge on any atom is 0.132 e. The van der Waals surface area contributed by atoms with Crippen molar-refractivity contribution < 1.29 is 4.74 Å². The van der Waals surface area contributed by atoms with Crippen molar-refractivity contribution in [2.75, 3.05) is 6.61 Å². The Morgan fingerprint density at radius 1 is 1.60 bits per heavy atom. The molecule has 2 nitrogen and oxygen atoms in total.